The molecule has 0 unspecified atom stereocenters. The van der Waals surface area contributed by atoms with Crippen LogP contribution >= 0.6 is 23.1 Å². The zero-order chi connectivity index (χ0) is 17.8. The van der Waals surface area contributed by atoms with Crippen LogP contribution in [-0.2, 0) is 0 Å². The standard InChI is InChI=1S/C19H22N2O2S2/c1-12-6-8-15(9-7-12)23-10-4-5-11-24-19-20-17(22)16-13(2)14(3)25-18(16)21-19/h6-9H,4-5,10-11H2,1-3H3,(H,20,21,22). The average molecular weight is 375 g/mol. The summed E-state index contributed by atoms with van der Waals surface area (Å²) in [6.07, 6.45) is 1.99. The van der Waals surface area contributed by atoms with E-state index in [0.717, 1.165) is 45.0 Å². The van der Waals surface area contributed by atoms with Crippen molar-refractivity contribution in [1.82, 2.24) is 9.97 Å². The molecule has 2 heterocycles. The molecule has 2 aromatic heterocycles. The maximum atomic E-state index is 12.2. The quantitative estimate of drug-likeness (QED) is 0.364. The molecule has 3 aromatic rings. The highest BCUT2D eigenvalue weighted by atomic mass is 32.2. The van der Waals surface area contributed by atoms with Crippen LogP contribution in [0.5, 0.6) is 5.75 Å². The Bertz CT molecular complexity index is 914. The Morgan fingerprint density at radius 3 is 2.68 bits per heavy atom. The molecule has 0 atom stereocenters. The van der Waals surface area contributed by atoms with Crippen LogP contribution in [0.25, 0.3) is 10.2 Å². The van der Waals surface area contributed by atoms with Crippen molar-refractivity contribution < 1.29 is 4.74 Å². The predicted octanol–water partition coefficient (Wildman–Crippen LogP) is 4.86. The van der Waals surface area contributed by atoms with Crippen molar-refractivity contribution in [2.24, 2.45) is 0 Å². The Hall–Kier alpha value is -1.79. The van der Waals surface area contributed by atoms with E-state index in [1.54, 1.807) is 23.1 Å². The van der Waals surface area contributed by atoms with E-state index in [4.69, 9.17) is 4.74 Å². The number of thiophene rings is 1. The molecule has 0 radical (unpaired) electrons. The van der Waals surface area contributed by atoms with E-state index in [9.17, 15) is 4.79 Å². The van der Waals surface area contributed by atoms with Crippen LogP contribution < -0.4 is 10.3 Å². The molecule has 1 N–H and O–H groups in total. The molecule has 0 fully saturated rings. The van der Waals surface area contributed by atoms with Gasteiger partial charge in [0.15, 0.2) is 5.16 Å². The van der Waals surface area contributed by atoms with Crippen LogP contribution in [0.15, 0.2) is 34.2 Å². The summed E-state index contributed by atoms with van der Waals surface area (Å²) in [5.41, 5.74) is 2.24. The predicted molar refractivity (Wildman–Crippen MR) is 106 cm³/mol. The number of aromatic nitrogens is 2. The third kappa shape index (κ3) is 4.44. The van der Waals surface area contributed by atoms with Crippen molar-refractivity contribution in [3.8, 4) is 5.75 Å². The third-order valence-corrected chi connectivity index (χ3v) is 6.15. The summed E-state index contributed by atoms with van der Waals surface area (Å²) in [5.74, 6) is 1.83. The highest BCUT2D eigenvalue weighted by Crippen LogP contribution is 2.27. The second kappa shape index (κ2) is 8.06. The minimum Gasteiger partial charge on any atom is -0.494 e. The normalized spacial score (nSPS) is 11.2. The number of hydrogen-bond donors (Lipinski definition) is 1. The molecular formula is C19H22N2O2S2. The van der Waals surface area contributed by atoms with Gasteiger partial charge in [0.25, 0.3) is 5.56 Å². The van der Waals surface area contributed by atoms with E-state index in [1.807, 2.05) is 26.0 Å². The highest BCUT2D eigenvalue weighted by Gasteiger charge is 2.11. The van der Waals surface area contributed by atoms with Crippen LogP contribution in [0, 0.1) is 20.8 Å². The zero-order valence-electron chi connectivity index (χ0n) is 14.7. The summed E-state index contributed by atoms with van der Waals surface area (Å²) in [6.45, 7) is 6.78. The van der Waals surface area contributed by atoms with E-state index in [2.05, 4.69) is 29.0 Å². The summed E-state index contributed by atoms with van der Waals surface area (Å²) in [6, 6.07) is 8.10. The lowest BCUT2D eigenvalue weighted by molar-refractivity contribution is 0.310. The molecule has 0 aliphatic rings. The summed E-state index contributed by atoms with van der Waals surface area (Å²) in [4.78, 5) is 21.7. The second-order valence-electron chi connectivity index (χ2n) is 6.05. The van der Waals surface area contributed by atoms with Crippen molar-refractivity contribution in [2.45, 2.75) is 38.8 Å². The van der Waals surface area contributed by atoms with E-state index in [-0.39, 0.29) is 5.56 Å². The van der Waals surface area contributed by atoms with Gasteiger partial charge in [-0.1, -0.05) is 29.5 Å². The highest BCUT2D eigenvalue weighted by molar-refractivity contribution is 7.99. The van der Waals surface area contributed by atoms with Gasteiger partial charge in [0.1, 0.15) is 10.6 Å². The minimum absolute atomic E-state index is 0.0305. The number of H-pyrrole nitrogens is 1. The maximum Gasteiger partial charge on any atom is 0.260 e. The fourth-order valence-electron chi connectivity index (χ4n) is 2.50. The Morgan fingerprint density at radius 2 is 1.92 bits per heavy atom. The molecule has 0 bridgehead atoms. The van der Waals surface area contributed by atoms with Gasteiger partial charge in [0.2, 0.25) is 0 Å². The number of fused-ring (bicyclic) bond motifs is 1. The Labute approximate surface area is 155 Å². The van der Waals surface area contributed by atoms with E-state index >= 15 is 0 Å². The number of hydrogen-bond acceptors (Lipinski definition) is 5. The molecule has 4 nitrogen and oxygen atoms in total. The zero-order valence-corrected chi connectivity index (χ0v) is 16.4. The first-order valence-electron chi connectivity index (χ1n) is 8.37. The summed E-state index contributed by atoms with van der Waals surface area (Å²) >= 11 is 3.19. The summed E-state index contributed by atoms with van der Waals surface area (Å²) < 4.78 is 5.72. The second-order valence-corrected chi connectivity index (χ2v) is 8.34. The molecule has 0 saturated carbocycles. The van der Waals surface area contributed by atoms with E-state index in [0.29, 0.717) is 11.8 Å². The largest absolute Gasteiger partial charge is 0.494 e. The van der Waals surface area contributed by atoms with Crippen LogP contribution in [0.2, 0.25) is 0 Å². The Kier molecular flexibility index (Phi) is 5.81. The molecule has 0 amide bonds. The number of ether oxygens (including phenoxy) is 1. The van der Waals surface area contributed by atoms with Gasteiger partial charge in [0, 0.05) is 10.6 Å². The lowest BCUT2D eigenvalue weighted by Crippen LogP contribution is -2.09. The van der Waals surface area contributed by atoms with Gasteiger partial charge in [-0.25, -0.2) is 4.98 Å². The molecule has 25 heavy (non-hydrogen) atoms. The van der Waals surface area contributed by atoms with Crippen molar-refractivity contribution in [1.29, 1.82) is 0 Å². The van der Waals surface area contributed by atoms with Crippen LogP contribution in [0.3, 0.4) is 0 Å². The Morgan fingerprint density at radius 1 is 1.16 bits per heavy atom. The SMILES string of the molecule is Cc1ccc(OCCCCSc2nc3sc(C)c(C)c3c(=O)[nH]2)cc1. The third-order valence-electron chi connectivity index (χ3n) is 4.08. The van der Waals surface area contributed by atoms with Crippen molar-refractivity contribution in [3.05, 3.63) is 50.6 Å². The number of nitrogens with zero attached hydrogens (tertiary/aromatic N) is 1. The molecule has 3 rings (SSSR count). The molecule has 0 saturated heterocycles. The van der Waals surface area contributed by atoms with Gasteiger partial charge in [-0.2, -0.15) is 0 Å². The van der Waals surface area contributed by atoms with E-state index < -0.39 is 0 Å². The molecular weight excluding hydrogens is 352 g/mol. The lowest BCUT2D eigenvalue weighted by Gasteiger charge is -2.06. The van der Waals surface area contributed by atoms with Gasteiger partial charge in [-0.05, 0) is 51.3 Å². The lowest BCUT2D eigenvalue weighted by atomic mass is 10.2. The molecule has 6 heteroatoms. The number of rotatable bonds is 7. The monoisotopic (exact) mass is 374 g/mol. The molecule has 0 aliphatic carbocycles. The maximum absolute atomic E-state index is 12.2. The number of thioether (sulfide) groups is 1. The van der Waals surface area contributed by atoms with Crippen molar-refractivity contribution >= 4 is 33.3 Å². The van der Waals surface area contributed by atoms with E-state index in [1.165, 1.54) is 5.56 Å². The molecule has 0 aliphatic heterocycles. The summed E-state index contributed by atoms with van der Waals surface area (Å²) in [7, 11) is 0. The van der Waals surface area contributed by atoms with Crippen LogP contribution in [0.1, 0.15) is 28.8 Å². The first-order valence-corrected chi connectivity index (χ1v) is 10.2. The minimum atomic E-state index is -0.0305. The fraction of sp³-hybridized carbons (Fsp3) is 0.368. The van der Waals surface area contributed by atoms with Crippen LogP contribution in [-0.4, -0.2) is 22.3 Å². The first kappa shape index (κ1) is 18.0. The smallest absolute Gasteiger partial charge is 0.260 e. The Balaban J connectivity index is 1.47. The van der Waals surface area contributed by atoms with Gasteiger partial charge in [-0.15, -0.1) is 11.3 Å². The average Bonchev–Trinajstić information content (AvgIpc) is 2.87. The van der Waals surface area contributed by atoms with Gasteiger partial charge in [0.05, 0.1) is 12.0 Å². The fourth-order valence-corrected chi connectivity index (χ4v) is 4.45. The van der Waals surface area contributed by atoms with Crippen molar-refractivity contribution in [2.75, 3.05) is 12.4 Å². The number of benzene rings is 1. The van der Waals surface area contributed by atoms with Gasteiger partial charge >= 0.3 is 0 Å². The number of unbranched alkanes of at least 4 members (excludes halogenated alkanes) is 1. The molecule has 1 aromatic carbocycles. The summed E-state index contributed by atoms with van der Waals surface area (Å²) in [5, 5.41) is 1.44. The molecule has 0 spiro atoms. The van der Waals surface area contributed by atoms with Crippen molar-refractivity contribution in [3.63, 3.8) is 0 Å². The number of aryl methyl sites for hydroxylation is 3. The first-order chi connectivity index (χ1) is 12.0. The van der Waals surface area contributed by atoms with Gasteiger partial charge < -0.3 is 9.72 Å². The van der Waals surface area contributed by atoms with Crippen LogP contribution in [0.4, 0.5) is 0 Å². The number of aromatic amines is 1. The number of nitrogens with one attached hydrogen (secondary N) is 1. The topological polar surface area (TPSA) is 55.0 Å². The molecule has 132 valence electrons. The van der Waals surface area contributed by atoms with Gasteiger partial charge in [-0.3, -0.25) is 4.79 Å².